The first kappa shape index (κ1) is 13.9. The number of rotatable bonds is 5. The highest BCUT2D eigenvalue weighted by molar-refractivity contribution is 9.10. The minimum Gasteiger partial charge on any atom is -0.389 e. The van der Waals surface area contributed by atoms with Gasteiger partial charge in [0.2, 0.25) is 0 Å². The normalized spacial score (nSPS) is 17.0. The fourth-order valence-corrected chi connectivity index (χ4v) is 2.86. The van der Waals surface area contributed by atoms with Crippen LogP contribution in [0, 0.1) is 5.92 Å². The Bertz CT molecular complexity index is 413. The third-order valence-corrected chi connectivity index (χ3v) is 3.95. The van der Waals surface area contributed by atoms with Crippen LogP contribution in [0.2, 0.25) is 0 Å². The molecule has 1 fully saturated rings. The molecule has 1 aromatic carbocycles. The molecule has 3 heteroatoms. The summed E-state index contributed by atoms with van der Waals surface area (Å²) in [7, 11) is 0. The monoisotopic (exact) mass is 311 g/mol. The summed E-state index contributed by atoms with van der Waals surface area (Å²) in [5.41, 5.74) is 2.22. The molecule has 0 amide bonds. The second-order valence-corrected chi connectivity index (χ2v) is 6.52. The predicted octanol–water partition coefficient (Wildman–Crippen LogP) is 4.13. The summed E-state index contributed by atoms with van der Waals surface area (Å²) in [6.45, 7) is 7.41. The van der Waals surface area contributed by atoms with Crippen LogP contribution < -0.4 is 4.90 Å². The lowest BCUT2D eigenvalue weighted by molar-refractivity contribution is 0.199. The maximum Gasteiger partial charge on any atom is 0.0762 e. The highest BCUT2D eigenvalue weighted by Crippen LogP contribution is 2.37. The average Bonchev–Trinajstić information content (AvgIpc) is 3.09. The Labute approximate surface area is 118 Å². The van der Waals surface area contributed by atoms with Crippen LogP contribution >= 0.6 is 15.9 Å². The fraction of sp³-hybridized carbons (Fsp3) is 0.600. The second kappa shape index (κ2) is 5.62. The Morgan fingerprint density at radius 1 is 1.33 bits per heavy atom. The lowest BCUT2D eigenvalue weighted by Crippen LogP contribution is -2.30. The Morgan fingerprint density at radius 2 is 2.00 bits per heavy atom. The molecule has 1 N–H and O–H groups in total. The SMILES string of the molecule is CC(C)CN(c1ccc(C(C)O)cc1Br)C1CC1. The number of hydrogen-bond acceptors (Lipinski definition) is 2. The minimum absolute atomic E-state index is 0.408. The van der Waals surface area contributed by atoms with Crippen molar-refractivity contribution in [3.8, 4) is 0 Å². The Morgan fingerprint density at radius 3 is 2.44 bits per heavy atom. The van der Waals surface area contributed by atoms with Crippen molar-refractivity contribution in [1.82, 2.24) is 0 Å². The largest absolute Gasteiger partial charge is 0.389 e. The summed E-state index contributed by atoms with van der Waals surface area (Å²) in [5.74, 6) is 0.661. The van der Waals surface area contributed by atoms with Gasteiger partial charge in [-0.15, -0.1) is 0 Å². The van der Waals surface area contributed by atoms with Crippen molar-refractivity contribution >= 4 is 21.6 Å². The third kappa shape index (κ3) is 3.27. The molecular formula is C15H22BrNO. The lowest BCUT2D eigenvalue weighted by Gasteiger charge is -2.28. The number of halogens is 1. The van der Waals surface area contributed by atoms with Gasteiger partial charge in [-0.25, -0.2) is 0 Å². The van der Waals surface area contributed by atoms with E-state index in [0.717, 1.165) is 16.6 Å². The number of aliphatic hydroxyl groups excluding tert-OH is 1. The van der Waals surface area contributed by atoms with Crippen molar-refractivity contribution in [2.45, 2.75) is 45.8 Å². The highest BCUT2D eigenvalue weighted by atomic mass is 79.9. The van der Waals surface area contributed by atoms with Crippen LogP contribution in [0.3, 0.4) is 0 Å². The zero-order chi connectivity index (χ0) is 13.3. The Hall–Kier alpha value is -0.540. The molecule has 1 unspecified atom stereocenters. The number of nitrogens with zero attached hydrogens (tertiary/aromatic N) is 1. The smallest absolute Gasteiger partial charge is 0.0762 e. The van der Waals surface area contributed by atoms with Gasteiger partial charge in [0, 0.05) is 17.1 Å². The van der Waals surface area contributed by atoms with Crippen LogP contribution in [-0.2, 0) is 0 Å². The molecule has 0 spiro atoms. The summed E-state index contributed by atoms with van der Waals surface area (Å²) >= 11 is 3.65. The Balaban J connectivity index is 2.24. The van der Waals surface area contributed by atoms with E-state index >= 15 is 0 Å². The molecule has 1 aromatic rings. The molecule has 18 heavy (non-hydrogen) atoms. The highest BCUT2D eigenvalue weighted by Gasteiger charge is 2.30. The van der Waals surface area contributed by atoms with Crippen LogP contribution in [0.1, 0.15) is 45.3 Å². The van der Waals surface area contributed by atoms with Crippen LogP contribution in [0.4, 0.5) is 5.69 Å². The van der Waals surface area contributed by atoms with E-state index in [1.165, 1.54) is 18.5 Å². The first-order chi connectivity index (χ1) is 8.49. The van der Waals surface area contributed by atoms with Crippen molar-refractivity contribution in [1.29, 1.82) is 0 Å². The molecule has 0 saturated heterocycles. The van der Waals surface area contributed by atoms with E-state index in [0.29, 0.717) is 12.0 Å². The molecule has 1 atom stereocenters. The maximum atomic E-state index is 9.61. The summed E-state index contributed by atoms with van der Waals surface area (Å²) < 4.78 is 1.09. The Kier molecular flexibility index (Phi) is 4.33. The van der Waals surface area contributed by atoms with E-state index in [4.69, 9.17) is 0 Å². The van der Waals surface area contributed by atoms with Gasteiger partial charge < -0.3 is 10.0 Å². The van der Waals surface area contributed by atoms with Gasteiger partial charge in [0.1, 0.15) is 0 Å². The molecule has 100 valence electrons. The number of aliphatic hydroxyl groups is 1. The summed E-state index contributed by atoms with van der Waals surface area (Å²) in [6, 6.07) is 6.91. The molecule has 1 saturated carbocycles. The van der Waals surface area contributed by atoms with Gasteiger partial charge in [-0.2, -0.15) is 0 Å². The summed E-state index contributed by atoms with van der Waals surface area (Å²) in [4.78, 5) is 2.50. The van der Waals surface area contributed by atoms with Crippen LogP contribution in [0.25, 0.3) is 0 Å². The van der Waals surface area contributed by atoms with E-state index in [9.17, 15) is 5.11 Å². The lowest BCUT2D eigenvalue weighted by atomic mass is 10.1. The second-order valence-electron chi connectivity index (χ2n) is 5.66. The molecule has 0 radical (unpaired) electrons. The number of anilines is 1. The number of benzene rings is 1. The van der Waals surface area contributed by atoms with E-state index in [2.05, 4.69) is 40.7 Å². The van der Waals surface area contributed by atoms with E-state index < -0.39 is 6.10 Å². The van der Waals surface area contributed by atoms with Gasteiger partial charge in [-0.3, -0.25) is 0 Å². The first-order valence-electron chi connectivity index (χ1n) is 6.73. The van der Waals surface area contributed by atoms with E-state index in [1.54, 1.807) is 6.92 Å². The summed E-state index contributed by atoms with van der Waals surface area (Å²) in [6.07, 6.45) is 2.20. The average molecular weight is 312 g/mol. The van der Waals surface area contributed by atoms with Crippen molar-refractivity contribution in [2.75, 3.05) is 11.4 Å². The summed E-state index contributed by atoms with van der Waals surface area (Å²) in [5, 5.41) is 9.61. The van der Waals surface area contributed by atoms with Gasteiger partial charge in [-0.05, 0) is 59.3 Å². The molecule has 2 rings (SSSR count). The zero-order valence-electron chi connectivity index (χ0n) is 11.4. The van der Waals surface area contributed by atoms with Crippen LogP contribution in [0.5, 0.6) is 0 Å². The van der Waals surface area contributed by atoms with Crippen molar-refractivity contribution in [3.63, 3.8) is 0 Å². The fourth-order valence-electron chi connectivity index (χ4n) is 2.24. The maximum absolute atomic E-state index is 9.61. The van der Waals surface area contributed by atoms with Gasteiger partial charge in [-0.1, -0.05) is 19.9 Å². The standard InChI is InChI=1S/C15H22BrNO/c1-10(2)9-17(13-5-6-13)15-7-4-12(11(3)18)8-14(15)16/h4,7-8,10-11,13,18H,5-6,9H2,1-3H3. The molecule has 2 nitrogen and oxygen atoms in total. The van der Waals surface area contributed by atoms with Gasteiger partial charge in [0.25, 0.3) is 0 Å². The van der Waals surface area contributed by atoms with E-state index in [-0.39, 0.29) is 0 Å². The zero-order valence-corrected chi connectivity index (χ0v) is 12.9. The van der Waals surface area contributed by atoms with Gasteiger partial charge >= 0.3 is 0 Å². The van der Waals surface area contributed by atoms with Crippen molar-refractivity contribution in [2.24, 2.45) is 5.92 Å². The van der Waals surface area contributed by atoms with Gasteiger partial charge in [0.15, 0.2) is 0 Å². The van der Waals surface area contributed by atoms with Gasteiger partial charge in [0.05, 0.1) is 11.8 Å². The minimum atomic E-state index is -0.408. The van der Waals surface area contributed by atoms with Crippen molar-refractivity contribution < 1.29 is 5.11 Å². The topological polar surface area (TPSA) is 23.5 Å². The molecule has 1 aliphatic rings. The predicted molar refractivity (Wildman–Crippen MR) is 80.0 cm³/mol. The van der Waals surface area contributed by atoms with Crippen molar-refractivity contribution in [3.05, 3.63) is 28.2 Å². The molecule has 0 aliphatic heterocycles. The van der Waals surface area contributed by atoms with Crippen LogP contribution in [-0.4, -0.2) is 17.7 Å². The quantitative estimate of drug-likeness (QED) is 0.884. The third-order valence-electron chi connectivity index (χ3n) is 3.31. The number of hydrogen-bond donors (Lipinski definition) is 1. The van der Waals surface area contributed by atoms with Crippen LogP contribution in [0.15, 0.2) is 22.7 Å². The van der Waals surface area contributed by atoms with E-state index in [1.807, 2.05) is 12.1 Å². The first-order valence-corrected chi connectivity index (χ1v) is 7.52. The molecule has 0 aromatic heterocycles. The molecule has 0 bridgehead atoms. The molecule has 1 aliphatic carbocycles. The molecular weight excluding hydrogens is 290 g/mol. The molecule has 0 heterocycles.